The molecule has 0 bridgehead atoms. The molecule has 3 atom stereocenters. The molecule has 3 unspecified atom stereocenters. The molecular weight excluding hydrogens is 306 g/mol. The Balaban J connectivity index is 1.92. The normalized spacial score (nSPS) is 24.3. The van der Waals surface area contributed by atoms with Gasteiger partial charge < -0.3 is 19.8 Å². The highest BCUT2D eigenvalue weighted by Crippen LogP contribution is 2.43. The number of β-lactam (4-membered cyclic amide) rings is 1. The summed E-state index contributed by atoms with van der Waals surface area (Å²) in [5, 5.41) is 18.9. The average molecular weight is 327 g/mol. The third-order valence-electron chi connectivity index (χ3n) is 4.15. The number of aliphatic carboxylic acids is 1. The molecule has 0 aliphatic carbocycles. The molecule has 1 fully saturated rings. The van der Waals surface area contributed by atoms with Gasteiger partial charge in [-0.1, -0.05) is 0 Å². The van der Waals surface area contributed by atoms with Crippen LogP contribution in [0.2, 0.25) is 0 Å². The van der Waals surface area contributed by atoms with Gasteiger partial charge in [0.25, 0.3) is 0 Å². The Hall–Kier alpha value is -1.97. The lowest BCUT2D eigenvalue weighted by Gasteiger charge is -2.44. The SMILES string of the molecule is CC(O)C1C(=O)N2C(C(=O)O)=C(COCCCC(=O)NN)CC12. The van der Waals surface area contributed by atoms with Crippen LogP contribution in [0.3, 0.4) is 0 Å². The van der Waals surface area contributed by atoms with Gasteiger partial charge in [0, 0.05) is 13.0 Å². The Bertz CT molecular complexity index is 545. The minimum atomic E-state index is -1.17. The predicted molar refractivity (Wildman–Crippen MR) is 77.5 cm³/mol. The molecule has 23 heavy (non-hydrogen) atoms. The number of amides is 2. The Morgan fingerprint density at radius 2 is 2.22 bits per heavy atom. The van der Waals surface area contributed by atoms with Crippen molar-refractivity contribution in [1.82, 2.24) is 10.3 Å². The van der Waals surface area contributed by atoms with Crippen molar-refractivity contribution >= 4 is 17.8 Å². The van der Waals surface area contributed by atoms with Gasteiger partial charge in [0.05, 0.1) is 24.7 Å². The highest BCUT2D eigenvalue weighted by atomic mass is 16.5. The zero-order valence-electron chi connectivity index (χ0n) is 12.8. The highest BCUT2D eigenvalue weighted by Gasteiger charge is 2.56. The average Bonchev–Trinajstić information content (AvgIpc) is 2.80. The summed E-state index contributed by atoms with van der Waals surface area (Å²) in [6.07, 6.45) is 0.250. The van der Waals surface area contributed by atoms with Crippen LogP contribution in [0, 0.1) is 5.92 Å². The molecule has 2 rings (SSSR count). The Morgan fingerprint density at radius 1 is 1.52 bits per heavy atom. The molecule has 0 aromatic rings. The van der Waals surface area contributed by atoms with E-state index in [1.807, 2.05) is 5.43 Å². The Morgan fingerprint density at radius 3 is 2.78 bits per heavy atom. The van der Waals surface area contributed by atoms with Gasteiger partial charge in [-0.3, -0.25) is 15.0 Å². The van der Waals surface area contributed by atoms with E-state index in [4.69, 9.17) is 10.6 Å². The molecule has 1 saturated heterocycles. The number of rotatable bonds is 8. The second kappa shape index (κ2) is 7.07. The van der Waals surface area contributed by atoms with E-state index >= 15 is 0 Å². The van der Waals surface area contributed by atoms with Gasteiger partial charge in [0.15, 0.2) is 0 Å². The van der Waals surface area contributed by atoms with Gasteiger partial charge in [-0.2, -0.15) is 0 Å². The quantitative estimate of drug-likeness (QED) is 0.143. The van der Waals surface area contributed by atoms with Crippen LogP contribution in [0.5, 0.6) is 0 Å². The largest absolute Gasteiger partial charge is 0.477 e. The molecule has 0 radical (unpaired) electrons. The van der Waals surface area contributed by atoms with Gasteiger partial charge >= 0.3 is 5.97 Å². The van der Waals surface area contributed by atoms with E-state index in [1.54, 1.807) is 0 Å². The fraction of sp³-hybridized carbons (Fsp3) is 0.643. The van der Waals surface area contributed by atoms with Crippen LogP contribution in [0.15, 0.2) is 11.3 Å². The van der Waals surface area contributed by atoms with Crippen LogP contribution in [-0.2, 0) is 19.1 Å². The van der Waals surface area contributed by atoms with Crippen molar-refractivity contribution in [3.63, 3.8) is 0 Å². The lowest BCUT2D eigenvalue weighted by atomic mass is 9.83. The maximum atomic E-state index is 12.0. The number of aliphatic hydroxyl groups excluding tert-OH is 1. The van der Waals surface area contributed by atoms with Crippen molar-refractivity contribution in [3.8, 4) is 0 Å². The zero-order chi connectivity index (χ0) is 17.1. The van der Waals surface area contributed by atoms with E-state index in [-0.39, 0.29) is 43.2 Å². The fourth-order valence-electron chi connectivity index (χ4n) is 3.09. The van der Waals surface area contributed by atoms with Crippen LogP contribution >= 0.6 is 0 Å². The number of nitrogens with zero attached hydrogens (tertiary/aromatic N) is 1. The topological polar surface area (TPSA) is 142 Å². The molecule has 2 amide bonds. The number of nitrogens with two attached hydrogens (primary N) is 1. The van der Waals surface area contributed by atoms with Crippen molar-refractivity contribution < 1.29 is 29.3 Å². The number of hydrazine groups is 1. The van der Waals surface area contributed by atoms with E-state index in [1.165, 1.54) is 11.8 Å². The summed E-state index contributed by atoms with van der Waals surface area (Å²) in [6, 6.07) is -0.310. The number of nitrogens with one attached hydrogen (secondary N) is 1. The Kier molecular flexibility index (Phi) is 5.34. The first-order valence-electron chi connectivity index (χ1n) is 7.42. The summed E-state index contributed by atoms with van der Waals surface area (Å²) < 4.78 is 5.41. The van der Waals surface area contributed by atoms with Crippen molar-refractivity contribution in [2.75, 3.05) is 13.2 Å². The van der Waals surface area contributed by atoms with Crippen LogP contribution < -0.4 is 11.3 Å². The molecule has 9 nitrogen and oxygen atoms in total. The molecule has 9 heteroatoms. The summed E-state index contributed by atoms with van der Waals surface area (Å²) in [6.45, 7) is 1.89. The number of carboxylic acids is 1. The number of hydrogen-bond donors (Lipinski definition) is 4. The summed E-state index contributed by atoms with van der Waals surface area (Å²) in [5.74, 6) is 2.56. The first-order chi connectivity index (χ1) is 10.9. The molecule has 2 aliphatic rings. The summed E-state index contributed by atoms with van der Waals surface area (Å²) >= 11 is 0. The highest BCUT2D eigenvalue weighted by molar-refractivity contribution is 5.99. The molecule has 0 aromatic heterocycles. The monoisotopic (exact) mass is 327 g/mol. The number of ether oxygens (including phenoxy) is 1. The zero-order valence-corrected chi connectivity index (χ0v) is 12.8. The minimum Gasteiger partial charge on any atom is -0.477 e. The van der Waals surface area contributed by atoms with Crippen LogP contribution in [0.1, 0.15) is 26.2 Å². The van der Waals surface area contributed by atoms with Crippen LogP contribution in [-0.4, -0.2) is 58.3 Å². The van der Waals surface area contributed by atoms with Crippen molar-refractivity contribution in [1.29, 1.82) is 0 Å². The molecule has 2 heterocycles. The first-order valence-corrected chi connectivity index (χ1v) is 7.42. The van der Waals surface area contributed by atoms with Gasteiger partial charge in [0.1, 0.15) is 5.70 Å². The number of aliphatic hydroxyl groups is 1. The molecule has 5 N–H and O–H groups in total. The third kappa shape index (κ3) is 3.36. The van der Waals surface area contributed by atoms with Crippen LogP contribution in [0.25, 0.3) is 0 Å². The molecule has 128 valence electrons. The fourth-order valence-corrected chi connectivity index (χ4v) is 3.09. The van der Waals surface area contributed by atoms with Crippen molar-refractivity contribution in [3.05, 3.63) is 11.3 Å². The van der Waals surface area contributed by atoms with Crippen molar-refractivity contribution in [2.24, 2.45) is 11.8 Å². The number of hydrogen-bond acceptors (Lipinski definition) is 6. The standard InChI is InChI=1S/C14H21N3O6/c1-7(18)11-9-5-8(6-23-4-2-3-10(19)16-15)12(14(21)22)17(9)13(11)20/h7,9,11,18H,2-6,15H2,1H3,(H,16,19)(H,21,22). The van der Waals surface area contributed by atoms with E-state index in [9.17, 15) is 24.6 Å². The van der Waals surface area contributed by atoms with E-state index in [0.717, 1.165) is 0 Å². The summed E-state index contributed by atoms with van der Waals surface area (Å²) in [7, 11) is 0. The number of carboxylic acid groups (broad SMARTS) is 1. The predicted octanol–water partition coefficient (Wildman–Crippen LogP) is -1.28. The van der Waals surface area contributed by atoms with Crippen molar-refractivity contribution in [2.45, 2.75) is 38.3 Å². The minimum absolute atomic E-state index is 0.0448. The third-order valence-corrected chi connectivity index (χ3v) is 4.15. The smallest absolute Gasteiger partial charge is 0.352 e. The lowest BCUT2D eigenvalue weighted by molar-refractivity contribution is -0.161. The molecular formula is C14H21N3O6. The van der Waals surface area contributed by atoms with Gasteiger partial charge in [-0.15, -0.1) is 0 Å². The van der Waals surface area contributed by atoms with Gasteiger partial charge in [-0.25, -0.2) is 10.6 Å². The van der Waals surface area contributed by atoms with Gasteiger partial charge in [-0.05, 0) is 25.3 Å². The lowest BCUT2D eigenvalue weighted by Crippen LogP contribution is -2.61. The number of carbonyl (C=O) groups excluding carboxylic acids is 2. The number of carbonyl (C=O) groups is 3. The van der Waals surface area contributed by atoms with E-state index in [0.29, 0.717) is 18.4 Å². The summed E-state index contributed by atoms with van der Waals surface area (Å²) in [4.78, 5) is 35.6. The first kappa shape index (κ1) is 17.4. The summed E-state index contributed by atoms with van der Waals surface area (Å²) in [5.41, 5.74) is 2.49. The molecule has 0 aromatic carbocycles. The second-order valence-electron chi connectivity index (χ2n) is 5.73. The van der Waals surface area contributed by atoms with Crippen LogP contribution in [0.4, 0.5) is 0 Å². The maximum Gasteiger partial charge on any atom is 0.352 e. The second-order valence-corrected chi connectivity index (χ2v) is 5.73. The van der Waals surface area contributed by atoms with E-state index < -0.39 is 18.0 Å². The van der Waals surface area contributed by atoms with Gasteiger partial charge in [0.2, 0.25) is 11.8 Å². The Labute approximate surface area is 133 Å². The number of fused-ring (bicyclic) bond motifs is 1. The maximum absolute atomic E-state index is 12.0. The molecule has 0 saturated carbocycles. The van der Waals surface area contributed by atoms with E-state index in [2.05, 4.69) is 0 Å². The molecule has 2 aliphatic heterocycles. The molecule has 0 spiro atoms.